The minimum absolute atomic E-state index is 0.156. The molecule has 0 saturated carbocycles. The van der Waals surface area contributed by atoms with E-state index in [0.717, 1.165) is 18.6 Å². The summed E-state index contributed by atoms with van der Waals surface area (Å²) < 4.78 is 0. The molecule has 1 heterocycles. The molecule has 5 nitrogen and oxygen atoms in total. The zero-order valence-electron chi connectivity index (χ0n) is 12.0. The zero-order valence-corrected chi connectivity index (χ0v) is 12.8. The fourth-order valence-electron chi connectivity index (χ4n) is 2.42. The van der Waals surface area contributed by atoms with Crippen LogP contribution in [-0.4, -0.2) is 65.1 Å². The molecule has 0 aromatic carbocycles. The normalized spacial score (nSPS) is 23.2. The fourth-order valence-corrected chi connectivity index (χ4v) is 2.87. The SMILES string of the molecule is CCC1CCN(C(=O)N(C)CCSC)C(C(=O)O)C1. The molecule has 2 atom stereocenters. The Morgan fingerprint density at radius 2 is 2.16 bits per heavy atom. The molecule has 1 N–H and O–H groups in total. The quantitative estimate of drug-likeness (QED) is 0.840. The number of piperidine rings is 1. The summed E-state index contributed by atoms with van der Waals surface area (Å²) in [6.07, 6.45) is 4.45. The molecule has 6 heteroatoms. The molecule has 1 aliphatic rings. The van der Waals surface area contributed by atoms with E-state index in [1.165, 1.54) is 4.90 Å². The number of hydrogen-bond acceptors (Lipinski definition) is 3. The molecule has 110 valence electrons. The van der Waals surface area contributed by atoms with Gasteiger partial charge >= 0.3 is 12.0 Å². The third-order valence-electron chi connectivity index (χ3n) is 3.78. The van der Waals surface area contributed by atoms with Gasteiger partial charge in [0.2, 0.25) is 0 Å². The van der Waals surface area contributed by atoms with Crippen molar-refractivity contribution in [1.29, 1.82) is 0 Å². The lowest BCUT2D eigenvalue weighted by Gasteiger charge is -2.38. The van der Waals surface area contributed by atoms with E-state index >= 15 is 0 Å². The molecule has 0 spiro atoms. The molecule has 0 aromatic rings. The molecule has 0 bridgehead atoms. The van der Waals surface area contributed by atoms with E-state index < -0.39 is 12.0 Å². The molecule has 1 aliphatic heterocycles. The van der Waals surface area contributed by atoms with Crippen molar-refractivity contribution in [2.75, 3.05) is 32.1 Å². The maximum atomic E-state index is 12.3. The van der Waals surface area contributed by atoms with E-state index in [1.807, 2.05) is 6.26 Å². The highest BCUT2D eigenvalue weighted by Crippen LogP contribution is 2.26. The van der Waals surface area contributed by atoms with Gasteiger partial charge in [-0.05, 0) is 25.0 Å². The molecular formula is C13H24N2O3S. The summed E-state index contributed by atoms with van der Waals surface area (Å²) in [5.41, 5.74) is 0. The van der Waals surface area contributed by atoms with Crippen LogP contribution in [0.4, 0.5) is 4.79 Å². The van der Waals surface area contributed by atoms with E-state index in [0.29, 0.717) is 25.4 Å². The Kier molecular flexibility index (Phi) is 6.48. The first kappa shape index (κ1) is 16.1. The molecule has 1 rings (SSSR count). The van der Waals surface area contributed by atoms with Crippen LogP contribution in [0.25, 0.3) is 0 Å². The molecule has 1 fully saturated rings. The monoisotopic (exact) mass is 288 g/mol. The maximum Gasteiger partial charge on any atom is 0.326 e. The average molecular weight is 288 g/mol. The maximum absolute atomic E-state index is 12.3. The predicted molar refractivity (Wildman–Crippen MR) is 77.6 cm³/mol. The van der Waals surface area contributed by atoms with Crippen molar-refractivity contribution in [3.05, 3.63) is 0 Å². The second kappa shape index (κ2) is 7.62. The first-order valence-electron chi connectivity index (χ1n) is 6.74. The number of carboxylic acid groups (broad SMARTS) is 1. The standard InChI is InChI=1S/C13H24N2O3S/c1-4-10-5-6-15(11(9-10)12(16)17)13(18)14(2)7-8-19-3/h10-11H,4-9H2,1-3H3,(H,16,17). The van der Waals surface area contributed by atoms with Crippen LogP contribution in [0.15, 0.2) is 0 Å². The van der Waals surface area contributed by atoms with Gasteiger partial charge in [0.25, 0.3) is 0 Å². The Balaban J connectivity index is 2.68. The van der Waals surface area contributed by atoms with Gasteiger partial charge in [0.1, 0.15) is 6.04 Å². The Labute approximate surface area is 119 Å². The lowest BCUT2D eigenvalue weighted by molar-refractivity contribution is -0.144. The number of carbonyl (C=O) groups excluding carboxylic acids is 1. The summed E-state index contributed by atoms with van der Waals surface area (Å²) in [6.45, 7) is 3.28. The van der Waals surface area contributed by atoms with Crippen molar-refractivity contribution < 1.29 is 14.7 Å². The Hall–Kier alpha value is -0.910. The van der Waals surface area contributed by atoms with E-state index in [2.05, 4.69) is 6.92 Å². The smallest absolute Gasteiger partial charge is 0.326 e. The number of rotatable bonds is 5. The van der Waals surface area contributed by atoms with E-state index in [-0.39, 0.29) is 6.03 Å². The molecule has 0 aliphatic carbocycles. The third kappa shape index (κ3) is 4.30. The van der Waals surface area contributed by atoms with Gasteiger partial charge in [-0.2, -0.15) is 11.8 Å². The van der Waals surface area contributed by atoms with Crippen LogP contribution in [0.1, 0.15) is 26.2 Å². The number of amides is 2. The first-order chi connectivity index (χ1) is 9.01. The summed E-state index contributed by atoms with van der Waals surface area (Å²) in [5, 5.41) is 9.31. The van der Waals surface area contributed by atoms with E-state index in [1.54, 1.807) is 23.7 Å². The van der Waals surface area contributed by atoms with Gasteiger partial charge in [-0.15, -0.1) is 0 Å². The third-order valence-corrected chi connectivity index (χ3v) is 4.37. The molecule has 1 saturated heterocycles. The van der Waals surface area contributed by atoms with E-state index in [9.17, 15) is 14.7 Å². The highest BCUT2D eigenvalue weighted by molar-refractivity contribution is 7.98. The highest BCUT2D eigenvalue weighted by Gasteiger charge is 2.36. The predicted octanol–water partition coefficient (Wildman–Crippen LogP) is 1.98. The van der Waals surface area contributed by atoms with Crippen LogP contribution in [-0.2, 0) is 4.79 Å². The summed E-state index contributed by atoms with van der Waals surface area (Å²) >= 11 is 1.68. The summed E-state index contributed by atoms with van der Waals surface area (Å²) in [4.78, 5) is 26.8. The van der Waals surface area contributed by atoms with Crippen molar-refractivity contribution in [3.8, 4) is 0 Å². The Morgan fingerprint density at radius 3 is 2.68 bits per heavy atom. The van der Waals surface area contributed by atoms with Crippen LogP contribution in [0.2, 0.25) is 0 Å². The molecule has 2 unspecified atom stereocenters. The van der Waals surface area contributed by atoms with Crippen LogP contribution in [0.3, 0.4) is 0 Å². The number of hydrogen-bond donors (Lipinski definition) is 1. The van der Waals surface area contributed by atoms with Crippen molar-refractivity contribution in [1.82, 2.24) is 9.80 Å². The summed E-state index contributed by atoms with van der Waals surface area (Å²) in [5.74, 6) is 0.400. The zero-order chi connectivity index (χ0) is 14.4. The van der Waals surface area contributed by atoms with Crippen LogP contribution < -0.4 is 0 Å². The lowest BCUT2D eigenvalue weighted by atomic mass is 9.89. The second-order valence-electron chi connectivity index (χ2n) is 5.04. The number of carboxylic acids is 1. The second-order valence-corrected chi connectivity index (χ2v) is 6.03. The van der Waals surface area contributed by atoms with Crippen molar-refractivity contribution in [3.63, 3.8) is 0 Å². The number of carbonyl (C=O) groups is 2. The number of thioether (sulfide) groups is 1. The van der Waals surface area contributed by atoms with E-state index in [4.69, 9.17) is 0 Å². The van der Waals surface area contributed by atoms with Crippen LogP contribution in [0.5, 0.6) is 0 Å². The van der Waals surface area contributed by atoms with Crippen molar-refractivity contribution in [2.45, 2.75) is 32.2 Å². The highest BCUT2D eigenvalue weighted by atomic mass is 32.2. The van der Waals surface area contributed by atoms with Crippen LogP contribution in [0, 0.1) is 5.92 Å². The molecule has 0 radical (unpaired) electrons. The fraction of sp³-hybridized carbons (Fsp3) is 0.846. The first-order valence-corrected chi connectivity index (χ1v) is 8.14. The molecule has 19 heavy (non-hydrogen) atoms. The molecule has 2 amide bonds. The molecular weight excluding hydrogens is 264 g/mol. The molecule has 0 aromatic heterocycles. The van der Waals surface area contributed by atoms with Gasteiger partial charge in [-0.25, -0.2) is 9.59 Å². The van der Waals surface area contributed by atoms with Crippen molar-refractivity contribution in [2.24, 2.45) is 5.92 Å². The van der Waals surface area contributed by atoms with Crippen LogP contribution >= 0.6 is 11.8 Å². The van der Waals surface area contributed by atoms with Gasteiger partial charge in [0.15, 0.2) is 0 Å². The topological polar surface area (TPSA) is 60.9 Å². The Bertz CT molecular complexity index is 325. The van der Waals surface area contributed by atoms with Gasteiger partial charge in [-0.1, -0.05) is 13.3 Å². The van der Waals surface area contributed by atoms with Gasteiger partial charge in [0, 0.05) is 25.9 Å². The van der Waals surface area contributed by atoms with Gasteiger partial charge < -0.3 is 14.9 Å². The Morgan fingerprint density at radius 1 is 1.47 bits per heavy atom. The largest absolute Gasteiger partial charge is 0.480 e. The van der Waals surface area contributed by atoms with Gasteiger partial charge in [-0.3, -0.25) is 0 Å². The number of nitrogens with zero attached hydrogens (tertiary/aromatic N) is 2. The summed E-state index contributed by atoms with van der Waals surface area (Å²) in [6, 6.07) is -0.820. The minimum Gasteiger partial charge on any atom is -0.480 e. The number of aliphatic carboxylic acids is 1. The van der Waals surface area contributed by atoms with Crippen molar-refractivity contribution >= 4 is 23.8 Å². The average Bonchev–Trinajstić information content (AvgIpc) is 2.43. The minimum atomic E-state index is -0.884. The summed E-state index contributed by atoms with van der Waals surface area (Å²) in [7, 11) is 1.74. The lowest BCUT2D eigenvalue weighted by Crippen LogP contribution is -2.54. The number of urea groups is 1. The number of likely N-dealkylation sites (tertiary alicyclic amines) is 1. The van der Waals surface area contributed by atoms with Gasteiger partial charge in [0.05, 0.1) is 0 Å².